The van der Waals surface area contributed by atoms with E-state index in [0.717, 1.165) is 4.31 Å². The average Bonchev–Trinajstić information content (AvgIpc) is 3.17. The third kappa shape index (κ3) is 12.8. The molecular formula is C34H34Cl4F2N6O7S2. The van der Waals surface area contributed by atoms with Crippen LogP contribution in [0.25, 0.3) is 0 Å². The van der Waals surface area contributed by atoms with Crippen molar-refractivity contribution < 1.29 is 40.0 Å². The Kier molecular flexibility index (Phi) is 16.7. The summed E-state index contributed by atoms with van der Waals surface area (Å²) in [6.07, 6.45) is -0.653. The number of amides is 1. The molecular weight excluding hydrogens is 848 g/mol. The molecule has 0 bridgehead atoms. The van der Waals surface area contributed by atoms with Crippen molar-refractivity contribution in [3.8, 4) is 0 Å². The number of anilines is 2. The van der Waals surface area contributed by atoms with Gasteiger partial charge in [0.15, 0.2) is 11.6 Å². The molecule has 13 nitrogen and oxygen atoms in total. The van der Waals surface area contributed by atoms with Crippen LogP contribution in [-0.4, -0.2) is 75.3 Å². The number of nitrogens with one attached hydrogen (secondary N) is 1. The van der Waals surface area contributed by atoms with Crippen molar-refractivity contribution in [2.24, 2.45) is 5.73 Å². The summed E-state index contributed by atoms with van der Waals surface area (Å²) < 4.78 is 76.7. The SMILES string of the molecule is CCS(=O)(=O)N(Cc1ccc(C(=O)CN)cn1)c1ccc(Cl)c(Cl)c1.CCS(=O)(=O)N(Cc1ccc(C(=O)CNC(=O)C(F)F)cn1)c1ccc(Cl)c(Cl)c1. The highest BCUT2D eigenvalue weighted by atomic mass is 35.5. The topological polar surface area (TPSA) is 190 Å². The molecule has 0 aliphatic rings. The van der Waals surface area contributed by atoms with E-state index in [0.29, 0.717) is 33.3 Å². The lowest BCUT2D eigenvalue weighted by Gasteiger charge is -2.24. The second-order valence-corrected chi connectivity index (χ2v) is 17.1. The van der Waals surface area contributed by atoms with Gasteiger partial charge in [-0.3, -0.25) is 33.0 Å². The second-order valence-electron chi connectivity index (χ2n) is 11.2. The van der Waals surface area contributed by atoms with Crippen molar-refractivity contribution >= 4 is 95.3 Å². The summed E-state index contributed by atoms with van der Waals surface area (Å²) >= 11 is 23.8. The highest BCUT2D eigenvalue weighted by molar-refractivity contribution is 7.93. The number of nitrogens with zero attached hydrogens (tertiary/aromatic N) is 4. The van der Waals surface area contributed by atoms with Gasteiger partial charge in [-0.1, -0.05) is 46.4 Å². The Bertz CT molecular complexity index is 2220. The number of Topliss-reactive ketones (excluding diaryl/α,β-unsaturated/α-hetero) is 2. The number of aromatic nitrogens is 2. The molecule has 0 radical (unpaired) electrons. The summed E-state index contributed by atoms with van der Waals surface area (Å²) in [6, 6.07) is 15.0. The quantitative estimate of drug-likeness (QED) is 0.123. The number of sulfonamides is 2. The van der Waals surface area contributed by atoms with E-state index in [1.165, 1.54) is 66.1 Å². The van der Waals surface area contributed by atoms with Crippen molar-refractivity contribution in [3.05, 3.63) is 116 Å². The molecule has 0 aliphatic carbocycles. The fraction of sp³-hybridized carbons (Fsp3) is 0.265. The van der Waals surface area contributed by atoms with E-state index in [1.54, 1.807) is 25.1 Å². The number of rotatable bonds is 16. The van der Waals surface area contributed by atoms with Crippen LogP contribution in [0.3, 0.4) is 0 Å². The van der Waals surface area contributed by atoms with Gasteiger partial charge in [-0.15, -0.1) is 0 Å². The van der Waals surface area contributed by atoms with Gasteiger partial charge in [0.25, 0.3) is 5.91 Å². The lowest BCUT2D eigenvalue weighted by Crippen LogP contribution is -2.34. The van der Waals surface area contributed by atoms with E-state index in [9.17, 15) is 40.0 Å². The number of nitrogens with two attached hydrogens (primary N) is 1. The van der Waals surface area contributed by atoms with Crippen molar-refractivity contribution in [2.75, 3.05) is 33.2 Å². The smallest absolute Gasteiger partial charge is 0.315 e. The molecule has 4 aromatic rings. The van der Waals surface area contributed by atoms with Crippen LogP contribution in [0.4, 0.5) is 20.2 Å². The van der Waals surface area contributed by atoms with Gasteiger partial charge < -0.3 is 11.1 Å². The van der Waals surface area contributed by atoms with Gasteiger partial charge in [-0.2, -0.15) is 8.78 Å². The summed E-state index contributed by atoms with van der Waals surface area (Å²) in [5, 5.41) is 2.86. The van der Waals surface area contributed by atoms with Gasteiger partial charge in [-0.05, 0) is 74.5 Å². The Balaban J connectivity index is 0.000000300. The summed E-state index contributed by atoms with van der Waals surface area (Å²) in [7, 11) is -7.26. The number of hydrogen-bond acceptors (Lipinski definition) is 10. The molecule has 1 amide bonds. The predicted octanol–water partition coefficient (Wildman–Crippen LogP) is 6.19. The van der Waals surface area contributed by atoms with E-state index in [1.807, 2.05) is 5.32 Å². The van der Waals surface area contributed by atoms with Gasteiger partial charge >= 0.3 is 6.43 Å². The van der Waals surface area contributed by atoms with Crippen LogP contribution in [0, 0.1) is 0 Å². The Morgan fingerprint density at radius 1 is 0.691 bits per heavy atom. The summed E-state index contributed by atoms with van der Waals surface area (Å²) in [6.45, 7) is 2.19. The zero-order valence-corrected chi connectivity index (χ0v) is 33.7. The van der Waals surface area contributed by atoms with Crippen LogP contribution in [0.1, 0.15) is 46.0 Å². The number of alkyl halides is 2. The fourth-order valence-corrected chi connectivity index (χ4v) is 7.15. The number of carbonyl (C=O) groups is 3. The van der Waals surface area contributed by atoms with Crippen molar-refractivity contribution in [1.29, 1.82) is 0 Å². The maximum absolute atomic E-state index is 12.5. The molecule has 2 heterocycles. The first-order chi connectivity index (χ1) is 25.8. The summed E-state index contributed by atoms with van der Waals surface area (Å²) in [5.74, 6) is -2.66. The average molecular weight is 883 g/mol. The Morgan fingerprint density at radius 3 is 1.44 bits per heavy atom. The van der Waals surface area contributed by atoms with Crippen LogP contribution in [-0.2, 0) is 37.9 Å². The van der Waals surface area contributed by atoms with E-state index in [2.05, 4.69) is 9.97 Å². The van der Waals surface area contributed by atoms with Crippen molar-refractivity contribution in [3.63, 3.8) is 0 Å². The molecule has 0 atom stereocenters. The number of ketones is 2. The van der Waals surface area contributed by atoms with E-state index in [-0.39, 0.29) is 57.6 Å². The molecule has 3 N–H and O–H groups in total. The maximum atomic E-state index is 12.5. The Hall–Kier alpha value is -3.97. The van der Waals surface area contributed by atoms with E-state index >= 15 is 0 Å². The van der Waals surface area contributed by atoms with Gasteiger partial charge in [0.2, 0.25) is 20.0 Å². The minimum Gasteiger partial charge on any atom is -0.344 e. The third-order valence-corrected chi connectivity index (χ3v) is 12.5. The monoisotopic (exact) mass is 880 g/mol. The molecule has 296 valence electrons. The largest absolute Gasteiger partial charge is 0.344 e. The minimum absolute atomic E-state index is 0.00519. The summed E-state index contributed by atoms with van der Waals surface area (Å²) in [4.78, 5) is 42.6. The van der Waals surface area contributed by atoms with Crippen molar-refractivity contribution in [2.45, 2.75) is 33.4 Å². The lowest BCUT2D eigenvalue weighted by atomic mass is 10.1. The molecule has 4 rings (SSSR count). The number of hydrogen-bond donors (Lipinski definition) is 2. The second kappa shape index (κ2) is 20.3. The third-order valence-electron chi connectivity index (χ3n) is 7.49. The lowest BCUT2D eigenvalue weighted by molar-refractivity contribution is -0.131. The Labute approximate surface area is 336 Å². The van der Waals surface area contributed by atoms with Crippen molar-refractivity contribution in [1.82, 2.24) is 15.3 Å². The molecule has 0 saturated heterocycles. The van der Waals surface area contributed by atoms with Crippen LogP contribution < -0.4 is 19.7 Å². The van der Waals surface area contributed by atoms with Crippen LogP contribution in [0.5, 0.6) is 0 Å². The number of benzene rings is 2. The molecule has 55 heavy (non-hydrogen) atoms. The van der Waals surface area contributed by atoms with Gasteiger partial charge in [0, 0.05) is 23.5 Å². The molecule has 2 aromatic heterocycles. The molecule has 0 spiro atoms. The molecule has 2 aromatic carbocycles. The molecule has 0 aliphatic heterocycles. The molecule has 21 heteroatoms. The number of pyridine rings is 2. The molecule has 0 saturated carbocycles. The van der Waals surface area contributed by atoms with E-state index < -0.39 is 44.7 Å². The highest BCUT2D eigenvalue weighted by Crippen LogP contribution is 2.31. The standard InChI is InChI=1S/C18H17Cl2F2N3O4S.C16H17Cl2N3O3S/c1-2-30(28,29)25(13-5-6-14(19)15(20)7-13)10-12-4-3-11(8-23-12)16(26)9-24-18(27)17(21)22;1-2-25(23,24)21(13-5-6-14(17)15(18)7-13)10-12-4-3-11(9-20-12)16(22)8-19/h3-8,17H,2,9-10H2,1H3,(H,24,27);3-7,9H,2,8,10,19H2,1H3. The summed E-state index contributed by atoms with van der Waals surface area (Å²) in [5.41, 5.74) is 7.26. The number of carbonyl (C=O) groups excluding carboxylic acids is 3. The van der Waals surface area contributed by atoms with Crippen LogP contribution >= 0.6 is 46.4 Å². The normalized spacial score (nSPS) is 11.4. The van der Waals surface area contributed by atoms with E-state index in [4.69, 9.17) is 52.1 Å². The Morgan fingerprint density at radius 2 is 1.11 bits per heavy atom. The minimum atomic E-state index is -3.69. The first kappa shape index (κ1) is 45.4. The predicted molar refractivity (Wildman–Crippen MR) is 209 cm³/mol. The zero-order valence-electron chi connectivity index (χ0n) is 29.1. The van der Waals surface area contributed by atoms with Gasteiger partial charge in [0.1, 0.15) is 0 Å². The van der Waals surface area contributed by atoms with Gasteiger partial charge in [-0.25, -0.2) is 16.8 Å². The number of halogens is 6. The zero-order chi connectivity index (χ0) is 41.1. The van der Waals surface area contributed by atoms with Gasteiger partial charge in [0.05, 0.1) is 80.5 Å². The first-order valence-corrected chi connectivity index (χ1v) is 20.7. The molecule has 0 unspecified atom stereocenters. The fourth-order valence-electron chi connectivity index (χ4n) is 4.42. The highest BCUT2D eigenvalue weighted by Gasteiger charge is 2.24. The molecule has 0 fully saturated rings. The van der Waals surface area contributed by atoms with Crippen LogP contribution in [0.15, 0.2) is 73.1 Å². The van der Waals surface area contributed by atoms with Crippen LogP contribution in [0.2, 0.25) is 20.1 Å². The first-order valence-electron chi connectivity index (χ1n) is 16.0. The maximum Gasteiger partial charge on any atom is 0.315 e.